The van der Waals surface area contributed by atoms with Crippen molar-refractivity contribution in [3.63, 3.8) is 0 Å². The lowest BCUT2D eigenvalue weighted by Gasteiger charge is -2.29. The first-order valence-electron chi connectivity index (χ1n) is 11.2. The summed E-state index contributed by atoms with van der Waals surface area (Å²) in [5, 5.41) is 9.56. The van der Waals surface area contributed by atoms with Crippen LogP contribution in [0.3, 0.4) is 0 Å². The van der Waals surface area contributed by atoms with Gasteiger partial charge in [-0.2, -0.15) is 0 Å². The fourth-order valence-corrected chi connectivity index (χ4v) is 4.46. The number of anilines is 3. The Balaban J connectivity index is 1.45. The quantitative estimate of drug-likeness (QED) is 0.499. The van der Waals surface area contributed by atoms with Crippen LogP contribution in [0, 0.1) is 5.82 Å². The van der Waals surface area contributed by atoms with E-state index < -0.39 is 5.82 Å². The molecule has 1 fully saturated rings. The first-order chi connectivity index (χ1) is 16.5. The topological polar surface area (TPSA) is 78.5 Å². The Morgan fingerprint density at radius 2 is 1.91 bits per heavy atom. The molecule has 0 aliphatic carbocycles. The summed E-state index contributed by atoms with van der Waals surface area (Å²) in [7, 11) is 1.49. The predicted octanol–water partition coefficient (Wildman–Crippen LogP) is 4.10. The molecule has 8 heteroatoms. The summed E-state index contributed by atoms with van der Waals surface area (Å²) in [5.41, 5.74) is 5.18. The Bertz CT molecular complexity index is 1270. The van der Waals surface area contributed by atoms with Gasteiger partial charge in [0.05, 0.1) is 35.8 Å². The summed E-state index contributed by atoms with van der Waals surface area (Å²) in [4.78, 5) is 19.5. The molecule has 1 aromatic heterocycles. The first-order valence-corrected chi connectivity index (χ1v) is 11.2. The molecule has 3 heterocycles. The summed E-state index contributed by atoms with van der Waals surface area (Å²) >= 11 is 0. The zero-order valence-electron chi connectivity index (χ0n) is 19.1. The van der Waals surface area contributed by atoms with Gasteiger partial charge in [0.15, 0.2) is 0 Å². The molecule has 0 bridgehead atoms. The van der Waals surface area contributed by atoms with Crippen LogP contribution in [0.15, 0.2) is 60.4 Å². The van der Waals surface area contributed by atoms with E-state index in [-0.39, 0.29) is 11.5 Å². The highest BCUT2D eigenvalue weighted by atomic mass is 19.1. The summed E-state index contributed by atoms with van der Waals surface area (Å²) in [6.07, 6.45) is 1.55. The number of benzene rings is 2. The average Bonchev–Trinajstić information content (AvgIpc) is 3.19. The van der Waals surface area contributed by atoms with Gasteiger partial charge < -0.3 is 25.6 Å². The molecule has 5 rings (SSSR count). The summed E-state index contributed by atoms with van der Waals surface area (Å²) in [6.45, 7) is 5.79. The van der Waals surface area contributed by atoms with E-state index in [1.54, 1.807) is 24.4 Å². The fourth-order valence-electron chi connectivity index (χ4n) is 4.46. The van der Waals surface area contributed by atoms with Gasteiger partial charge in [0.2, 0.25) is 0 Å². The van der Waals surface area contributed by atoms with Crippen LogP contribution >= 0.6 is 0 Å². The fraction of sp³-hybridized carbons (Fsp3) is 0.231. The predicted molar refractivity (Wildman–Crippen MR) is 133 cm³/mol. The van der Waals surface area contributed by atoms with Crippen molar-refractivity contribution in [1.82, 2.24) is 10.3 Å². The van der Waals surface area contributed by atoms with Gasteiger partial charge in [-0.15, -0.1) is 0 Å². The molecule has 0 saturated carbocycles. The van der Waals surface area contributed by atoms with Crippen molar-refractivity contribution < 1.29 is 13.9 Å². The number of hydrogen-bond donors (Lipinski definition) is 3. The Kier molecular flexibility index (Phi) is 5.90. The number of pyridine rings is 1. The lowest BCUT2D eigenvalue weighted by atomic mass is 10.0. The van der Waals surface area contributed by atoms with Crippen LogP contribution in [0.5, 0.6) is 5.75 Å². The van der Waals surface area contributed by atoms with Crippen LogP contribution in [0.2, 0.25) is 0 Å². The van der Waals surface area contributed by atoms with Crippen molar-refractivity contribution in [3.8, 4) is 17.0 Å². The second kappa shape index (κ2) is 9.15. The molecular formula is C26H26FN5O2. The SMILES string of the molecule is COc1cccc(F)c1-c1cc2c(cn1)NC(=O)/C2=C(/C)Nc1ccc(N2CCNCC2)cc1. The minimum absolute atomic E-state index is 0.225. The van der Waals surface area contributed by atoms with E-state index in [1.807, 2.05) is 19.1 Å². The van der Waals surface area contributed by atoms with Crippen molar-refractivity contribution in [2.45, 2.75) is 6.92 Å². The molecule has 7 nitrogen and oxygen atoms in total. The molecule has 0 atom stereocenters. The molecule has 0 spiro atoms. The van der Waals surface area contributed by atoms with Crippen molar-refractivity contribution in [1.29, 1.82) is 0 Å². The van der Waals surface area contributed by atoms with Crippen molar-refractivity contribution in [2.24, 2.45) is 0 Å². The van der Waals surface area contributed by atoms with Crippen LogP contribution < -0.4 is 25.6 Å². The molecule has 2 aliphatic rings. The molecule has 3 N–H and O–H groups in total. The number of halogens is 1. The van der Waals surface area contributed by atoms with Crippen molar-refractivity contribution >= 4 is 28.5 Å². The van der Waals surface area contributed by atoms with Crippen LogP contribution in [-0.2, 0) is 4.79 Å². The summed E-state index contributed by atoms with van der Waals surface area (Å²) < 4.78 is 20.0. The number of hydrogen-bond acceptors (Lipinski definition) is 6. The maximum Gasteiger partial charge on any atom is 0.258 e. The van der Waals surface area contributed by atoms with E-state index in [9.17, 15) is 9.18 Å². The number of nitrogens with zero attached hydrogens (tertiary/aromatic N) is 2. The van der Waals surface area contributed by atoms with E-state index in [0.29, 0.717) is 34.0 Å². The first kappa shape index (κ1) is 21.9. The molecule has 174 valence electrons. The molecule has 1 saturated heterocycles. The molecule has 0 radical (unpaired) electrons. The highest BCUT2D eigenvalue weighted by Gasteiger charge is 2.28. The van der Waals surface area contributed by atoms with Gasteiger partial charge in [0.1, 0.15) is 11.6 Å². The Morgan fingerprint density at radius 1 is 1.15 bits per heavy atom. The number of carbonyl (C=O) groups excluding carboxylic acids is 1. The van der Waals surface area contributed by atoms with Crippen molar-refractivity contribution in [2.75, 3.05) is 48.8 Å². The van der Waals surface area contributed by atoms with Gasteiger partial charge in [-0.1, -0.05) is 6.07 Å². The molecule has 34 heavy (non-hydrogen) atoms. The third kappa shape index (κ3) is 4.08. The maximum absolute atomic E-state index is 14.6. The van der Waals surface area contributed by atoms with Crippen molar-refractivity contribution in [3.05, 3.63) is 71.8 Å². The minimum atomic E-state index is -0.436. The van der Waals surface area contributed by atoms with E-state index >= 15 is 0 Å². The molecular weight excluding hydrogens is 433 g/mol. The summed E-state index contributed by atoms with van der Waals surface area (Å²) in [6, 6.07) is 14.6. The standard InChI is InChI=1S/C26H26FN5O2/c1-16(30-17-6-8-18(9-7-17)32-12-10-28-11-13-32)24-19-14-21(29-15-22(19)31-26(24)33)25-20(27)4-3-5-23(25)34-2/h3-9,14-15,28,30H,10-13H2,1-2H3,(H,31,33)/b24-16-. The van der Waals surface area contributed by atoms with Gasteiger partial charge in [-0.3, -0.25) is 9.78 Å². The number of nitrogens with one attached hydrogen (secondary N) is 3. The van der Waals surface area contributed by atoms with Gasteiger partial charge in [-0.25, -0.2) is 4.39 Å². The van der Waals surface area contributed by atoms with Gasteiger partial charge in [0.25, 0.3) is 5.91 Å². The lowest BCUT2D eigenvalue weighted by Crippen LogP contribution is -2.43. The number of allylic oxidation sites excluding steroid dienone is 1. The number of rotatable bonds is 5. The minimum Gasteiger partial charge on any atom is -0.496 e. The number of ether oxygens (including phenoxy) is 1. The lowest BCUT2D eigenvalue weighted by molar-refractivity contribution is -0.110. The van der Waals surface area contributed by atoms with E-state index in [2.05, 4.69) is 38.0 Å². The zero-order valence-corrected chi connectivity index (χ0v) is 19.1. The largest absolute Gasteiger partial charge is 0.496 e. The number of piperazine rings is 1. The third-order valence-electron chi connectivity index (χ3n) is 6.16. The number of aromatic nitrogens is 1. The van der Waals surface area contributed by atoms with E-state index in [4.69, 9.17) is 4.74 Å². The second-order valence-corrected chi connectivity index (χ2v) is 8.30. The second-order valence-electron chi connectivity index (χ2n) is 8.30. The highest BCUT2D eigenvalue weighted by molar-refractivity contribution is 6.32. The van der Waals surface area contributed by atoms with Crippen LogP contribution in [0.4, 0.5) is 21.5 Å². The third-order valence-corrected chi connectivity index (χ3v) is 6.16. The molecule has 3 aromatic rings. The van der Waals surface area contributed by atoms with E-state index in [1.165, 1.54) is 18.9 Å². The average molecular weight is 460 g/mol. The zero-order chi connectivity index (χ0) is 23.7. The Labute approximate surface area is 197 Å². The number of methoxy groups -OCH3 is 1. The molecule has 2 aliphatic heterocycles. The maximum atomic E-state index is 14.6. The normalized spacial score (nSPS) is 16.7. The van der Waals surface area contributed by atoms with E-state index in [0.717, 1.165) is 31.9 Å². The monoisotopic (exact) mass is 459 g/mol. The number of fused-ring (bicyclic) bond motifs is 1. The van der Waals surface area contributed by atoms with Gasteiger partial charge in [-0.05, 0) is 49.4 Å². The van der Waals surface area contributed by atoms with Crippen LogP contribution in [-0.4, -0.2) is 44.2 Å². The van der Waals surface area contributed by atoms with Crippen LogP contribution in [0.1, 0.15) is 12.5 Å². The Hall–Kier alpha value is -3.91. The Morgan fingerprint density at radius 3 is 2.65 bits per heavy atom. The van der Waals surface area contributed by atoms with Gasteiger partial charge in [0, 0.05) is 48.8 Å². The smallest absolute Gasteiger partial charge is 0.258 e. The van der Waals surface area contributed by atoms with Crippen LogP contribution in [0.25, 0.3) is 16.8 Å². The number of carbonyl (C=O) groups is 1. The molecule has 2 aromatic carbocycles. The summed E-state index contributed by atoms with van der Waals surface area (Å²) in [5.74, 6) is -0.277. The molecule has 1 amide bonds. The van der Waals surface area contributed by atoms with Gasteiger partial charge >= 0.3 is 0 Å². The molecule has 0 unspecified atom stereocenters. The number of amides is 1. The highest BCUT2D eigenvalue weighted by Crippen LogP contribution is 2.38.